The van der Waals surface area contributed by atoms with Gasteiger partial charge in [-0.25, -0.2) is 0 Å². The predicted octanol–water partition coefficient (Wildman–Crippen LogP) is 4.61. The van der Waals surface area contributed by atoms with E-state index in [2.05, 4.69) is 31.8 Å². The minimum Gasteiger partial charge on any atom is -0.496 e. The first-order valence-corrected chi connectivity index (χ1v) is 7.59. The lowest BCUT2D eigenvalue weighted by atomic mass is 10.0. The van der Waals surface area contributed by atoms with Gasteiger partial charge in [0.15, 0.2) is 0 Å². The maximum Gasteiger partial charge on any atom is 0.127 e. The largest absolute Gasteiger partial charge is 0.496 e. The van der Waals surface area contributed by atoms with Crippen LogP contribution in [0.25, 0.3) is 0 Å². The van der Waals surface area contributed by atoms with Gasteiger partial charge in [0.1, 0.15) is 11.5 Å². The van der Waals surface area contributed by atoms with Gasteiger partial charge in [0.25, 0.3) is 0 Å². The van der Waals surface area contributed by atoms with Crippen molar-refractivity contribution in [3.8, 4) is 23.3 Å². The summed E-state index contributed by atoms with van der Waals surface area (Å²) < 4.78 is 11.1. The van der Waals surface area contributed by atoms with E-state index in [1.165, 1.54) is 5.57 Å². The van der Waals surface area contributed by atoms with Crippen molar-refractivity contribution in [1.82, 2.24) is 0 Å². The van der Waals surface area contributed by atoms with Crippen molar-refractivity contribution < 1.29 is 9.47 Å². The maximum atomic E-state index is 5.54. The Bertz CT molecular complexity index is 717. The lowest BCUT2D eigenvalue weighted by molar-refractivity contribution is 0.387. The first-order chi connectivity index (χ1) is 11.1. The van der Waals surface area contributed by atoms with Gasteiger partial charge in [-0.2, -0.15) is 0 Å². The van der Waals surface area contributed by atoms with Crippen molar-refractivity contribution in [3.63, 3.8) is 0 Å². The molecule has 0 unspecified atom stereocenters. The van der Waals surface area contributed by atoms with Gasteiger partial charge in [-0.05, 0) is 44.5 Å². The highest BCUT2D eigenvalue weighted by Crippen LogP contribution is 2.31. The molecule has 0 saturated carbocycles. The number of allylic oxidation sites excluding steroid dienone is 2. The lowest BCUT2D eigenvalue weighted by Crippen LogP contribution is -1.97. The first kappa shape index (κ1) is 16.7. The Kier molecular flexibility index (Phi) is 5.88. The molecule has 2 aromatic carbocycles. The van der Waals surface area contributed by atoms with Gasteiger partial charge in [0.05, 0.1) is 14.2 Å². The Morgan fingerprint density at radius 1 is 0.913 bits per heavy atom. The van der Waals surface area contributed by atoms with Crippen molar-refractivity contribution in [1.29, 1.82) is 0 Å². The number of methoxy groups -OCH3 is 2. The summed E-state index contributed by atoms with van der Waals surface area (Å²) >= 11 is 0. The molecular weight excluding hydrogens is 284 g/mol. The first-order valence-electron chi connectivity index (χ1n) is 7.59. The SMILES string of the molecule is COc1cc(C#Cc2ccccc2)cc(OC)c1CC=C(C)C. The van der Waals surface area contributed by atoms with E-state index in [1.54, 1.807) is 14.2 Å². The highest BCUT2D eigenvalue weighted by molar-refractivity contribution is 5.54. The Labute approximate surface area is 138 Å². The number of hydrogen-bond acceptors (Lipinski definition) is 2. The number of benzene rings is 2. The summed E-state index contributed by atoms with van der Waals surface area (Å²) in [5.41, 5.74) is 4.17. The van der Waals surface area contributed by atoms with Crippen LogP contribution < -0.4 is 9.47 Å². The summed E-state index contributed by atoms with van der Waals surface area (Å²) in [5, 5.41) is 0. The Morgan fingerprint density at radius 2 is 1.48 bits per heavy atom. The lowest BCUT2D eigenvalue weighted by Gasteiger charge is -2.13. The molecular formula is C21H22O2. The van der Waals surface area contributed by atoms with Gasteiger partial charge in [-0.15, -0.1) is 0 Å². The summed E-state index contributed by atoms with van der Waals surface area (Å²) in [7, 11) is 3.35. The molecule has 2 aromatic rings. The highest BCUT2D eigenvalue weighted by atomic mass is 16.5. The predicted molar refractivity (Wildman–Crippen MR) is 95.1 cm³/mol. The molecule has 0 spiro atoms. The van der Waals surface area contributed by atoms with Gasteiger partial charge in [0, 0.05) is 16.7 Å². The van der Waals surface area contributed by atoms with E-state index in [9.17, 15) is 0 Å². The normalized spacial score (nSPS) is 9.57. The topological polar surface area (TPSA) is 18.5 Å². The minimum atomic E-state index is 0.779. The van der Waals surface area contributed by atoms with Crippen LogP contribution in [-0.2, 0) is 6.42 Å². The average Bonchev–Trinajstić information content (AvgIpc) is 2.58. The fourth-order valence-corrected chi connectivity index (χ4v) is 2.23. The number of ether oxygens (including phenoxy) is 2. The smallest absolute Gasteiger partial charge is 0.127 e. The standard InChI is InChI=1S/C21H22O2/c1-16(2)10-13-19-20(22-3)14-18(15-21(19)23-4)12-11-17-8-6-5-7-9-17/h5-10,14-15H,13H2,1-4H3. The zero-order valence-corrected chi connectivity index (χ0v) is 14.1. The van der Waals surface area contributed by atoms with Crippen LogP contribution in [0.4, 0.5) is 0 Å². The van der Waals surface area contributed by atoms with E-state index in [-0.39, 0.29) is 0 Å². The molecule has 0 aliphatic rings. The zero-order valence-electron chi connectivity index (χ0n) is 14.1. The third kappa shape index (κ3) is 4.66. The van der Waals surface area contributed by atoms with Gasteiger partial charge in [0.2, 0.25) is 0 Å². The van der Waals surface area contributed by atoms with Crippen LogP contribution in [0.3, 0.4) is 0 Å². The molecule has 0 amide bonds. The van der Waals surface area contributed by atoms with Crippen molar-refractivity contribution in [2.24, 2.45) is 0 Å². The molecule has 0 aliphatic heterocycles. The summed E-state index contributed by atoms with van der Waals surface area (Å²) in [6, 6.07) is 13.9. The van der Waals surface area contributed by atoms with E-state index in [0.717, 1.165) is 34.6 Å². The van der Waals surface area contributed by atoms with E-state index in [0.29, 0.717) is 0 Å². The van der Waals surface area contributed by atoms with Crippen LogP contribution in [-0.4, -0.2) is 14.2 Å². The fraction of sp³-hybridized carbons (Fsp3) is 0.238. The second kappa shape index (κ2) is 8.10. The van der Waals surface area contributed by atoms with E-state index < -0.39 is 0 Å². The second-order valence-corrected chi connectivity index (χ2v) is 5.46. The molecule has 0 bridgehead atoms. The van der Waals surface area contributed by atoms with Crippen LogP contribution >= 0.6 is 0 Å². The maximum absolute atomic E-state index is 5.54. The fourth-order valence-electron chi connectivity index (χ4n) is 2.23. The van der Waals surface area contributed by atoms with Gasteiger partial charge in [-0.3, -0.25) is 0 Å². The molecule has 0 radical (unpaired) electrons. The van der Waals surface area contributed by atoms with Crippen LogP contribution in [0.5, 0.6) is 11.5 Å². The highest BCUT2D eigenvalue weighted by Gasteiger charge is 2.11. The Morgan fingerprint density at radius 3 is 2.00 bits per heavy atom. The average molecular weight is 306 g/mol. The van der Waals surface area contributed by atoms with Crippen molar-refractivity contribution in [3.05, 3.63) is 70.8 Å². The monoisotopic (exact) mass is 306 g/mol. The summed E-state index contributed by atoms with van der Waals surface area (Å²) in [5.74, 6) is 7.95. The van der Waals surface area contributed by atoms with Gasteiger partial charge >= 0.3 is 0 Å². The molecule has 118 valence electrons. The van der Waals surface area contributed by atoms with Crippen LogP contribution in [0.1, 0.15) is 30.5 Å². The molecule has 0 N–H and O–H groups in total. The third-order valence-electron chi connectivity index (χ3n) is 3.45. The third-order valence-corrected chi connectivity index (χ3v) is 3.45. The van der Waals surface area contributed by atoms with Crippen LogP contribution in [0, 0.1) is 11.8 Å². The van der Waals surface area contributed by atoms with Gasteiger partial charge in [-0.1, -0.05) is 41.7 Å². The van der Waals surface area contributed by atoms with Crippen LogP contribution in [0.15, 0.2) is 54.1 Å². The molecule has 2 heteroatoms. The molecule has 0 aromatic heterocycles. The van der Waals surface area contributed by atoms with Crippen molar-refractivity contribution in [2.75, 3.05) is 14.2 Å². The zero-order chi connectivity index (χ0) is 16.7. The summed E-state index contributed by atoms with van der Waals surface area (Å²) in [4.78, 5) is 0. The molecule has 23 heavy (non-hydrogen) atoms. The molecule has 0 aliphatic carbocycles. The van der Waals surface area contributed by atoms with Crippen molar-refractivity contribution in [2.45, 2.75) is 20.3 Å². The Hall–Kier alpha value is -2.66. The van der Waals surface area contributed by atoms with E-state index in [4.69, 9.17) is 9.47 Å². The van der Waals surface area contributed by atoms with Crippen molar-refractivity contribution >= 4 is 0 Å². The Balaban J connectivity index is 2.40. The van der Waals surface area contributed by atoms with E-state index >= 15 is 0 Å². The number of rotatable bonds is 4. The second-order valence-electron chi connectivity index (χ2n) is 5.46. The quantitative estimate of drug-likeness (QED) is 0.606. The van der Waals surface area contributed by atoms with Gasteiger partial charge < -0.3 is 9.47 Å². The minimum absolute atomic E-state index is 0.779. The van der Waals surface area contributed by atoms with E-state index in [1.807, 2.05) is 42.5 Å². The summed E-state index contributed by atoms with van der Waals surface area (Å²) in [6.45, 7) is 4.16. The summed E-state index contributed by atoms with van der Waals surface area (Å²) in [6.07, 6.45) is 2.94. The molecule has 0 saturated heterocycles. The molecule has 0 atom stereocenters. The molecule has 2 nitrogen and oxygen atoms in total. The molecule has 2 rings (SSSR count). The van der Waals surface area contributed by atoms with Crippen LogP contribution in [0.2, 0.25) is 0 Å². The molecule has 0 fully saturated rings. The number of hydrogen-bond donors (Lipinski definition) is 0. The molecule has 0 heterocycles.